The molecule has 0 radical (unpaired) electrons. The Morgan fingerprint density at radius 1 is 1.02 bits per heavy atom. The van der Waals surface area contributed by atoms with E-state index in [-0.39, 0.29) is 35.8 Å². The van der Waals surface area contributed by atoms with Crippen LogP contribution in [0.15, 0.2) is 107 Å². The summed E-state index contributed by atoms with van der Waals surface area (Å²) in [5, 5.41) is 31.4. The molecule has 0 aliphatic carbocycles. The van der Waals surface area contributed by atoms with Gasteiger partial charge in [0.25, 0.3) is 17.5 Å². The highest BCUT2D eigenvalue weighted by Gasteiger charge is 2.34. The normalized spacial score (nSPS) is 14.2. The van der Waals surface area contributed by atoms with E-state index in [1.165, 1.54) is 28.9 Å². The van der Waals surface area contributed by atoms with Crippen molar-refractivity contribution < 1.29 is 19.2 Å². The monoisotopic (exact) mass is 653 g/mol. The third-order valence-corrected chi connectivity index (χ3v) is 9.09. The summed E-state index contributed by atoms with van der Waals surface area (Å²) in [7, 11) is 1.60. The molecule has 232 valence electrons. The number of rotatable bonds is 11. The van der Waals surface area contributed by atoms with Gasteiger partial charge in [0, 0.05) is 29.8 Å². The molecule has 3 aromatic carbocycles. The molecule has 1 aliphatic rings. The number of hydrazone groups is 1. The third kappa shape index (κ3) is 6.67. The highest BCUT2D eigenvalue weighted by atomic mass is 32.2. The number of thioether (sulfide) groups is 1. The van der Waals surface area contributed by atoms with E-state index in [0.29, 0.717) is 28.7 Å². The number of ether oxygens (including phenoxy) is 1. The number of hydrogen-bond acceptors (Lipinski definition) is 10. The molecule has 0 saturated heterocycles. The van der Waals surface area contributed by atoms with Crippen LogP contribution in [-0.4, -0.2) is 55.1 Å². The second-order valence-corrected chi connectivity index (χ2v) is 12.0. The minimum Gasteiger partial charge on any atom is -0.497 e. The number of nitro groups is 1. The van der Waals surface area contributed by atoms with Crippen LogP contribution < -0.4 is 10.1 Å². The lowest BCUT2D eigenvalue weighted by molar-refractivity contribution is -0.384. The van der Waals surface area contributed by atoms with Gasteiger partial charge in [0.05, 0.1) is 41.0 Å². The second-order valence-electron chi connectivity index (χ2n) is 10.1. The predicted molar refractivity (Wildman–Crippen MR) is 174 cm³/mol. The molecule has 2 amide bonds. The van der Waals surface area contributed by atoms with Gasteiger partial charge in [-0.1, -0.05) is 48.2 Å². The van der Waals surface area contributed by atoms with Crippen LogP contribution in [0.2, 0.25) is 0 Å². The second kappa shape index (κ2) is 13.7. The van der Waals surface area contributed by atoms with Crippen molar-refractivity contribution in [2.24, 2.45) is 5.10 Å². The van der Waals surface area contributed by atoms with Crippen molar-refractivity contribution in [3.05, 3.63) is 128 Å². The molecule has 46 heavy (non-hydrogen) atoms. The minimum atomic E-state index is -0.481. The van der Waals surface area contributed by atoms with Crippen LogP contribution in [0.25, 0.3) is 5.69 Å². The SMILES string of the molecule is COc1ccc([C@@H]2CC(c3cccs3)=NN2C(=O)CSc2nnc(CNC(=O)c3ccccc3)n2-c2ccc([N+](=O)[O-])cc2)cc1. The summed E-state index contributed by atoms with van der Waals surface area (Å²) in [6, 6.07) is 25.9. The van der Waals surface area contributed by atoms with Crippen LogP contribution in [0, 0.1) is 10.1 Å². The number of nitrogens with one attached hydrogen (secondary N) is 1. The lowest BCUT2D eigenvalue weighted by Crippen LogP contribution is -2.28. The Labute approximate surface area is 271 Å². The summed E-state index contributed by atoms with van der Waals surface area (Å²) in [4.78, 5) is 38.3. The first-order valence-electron chi connectivity index (χ1n) is 14.1. The molecular weight excluding hydrogens is 627 g/mol. The maximum atomic E-state index is 13.8. The fraction of sp³-hybridized carbons (Fsp3) is 0.156. The summed E-state index contributed by atoms with van der Waals surface area (Å²) >= 11 is 2.74. The van der Waals surface area contributed by atoms with Gasteiger partial charge < -0.3 is 10.1 Å². The quantitative estimate of drug-likeness (QED) is 0.109. The average molecular weight is 654 g/mol. The Bertz CT molecular complexity index is 1880. The van der Waals surface area contributed by atoms with Gasteiger partial charge in [0.15, 0.2) is 11.0 Å². The van der Waals surface area contributed by atoms with Crippen molar-refractivity contribution in [1.29, 1.82) is 0 Å². The zero-order chi connectivity index (χ0) is 32.0. The van der Waals surface area contributed by atoms with E-state index in [1.807, 2.05) is 47.8 Å². The highest BCUT2D eigenvalue weighted by molar-refractivity contribution is 7.99. The van der Waals surface area contributed by atoms with E-state index in [4.69, 9.17) is 9.84 Å². The lowest BCUT2D eigenvalue weighted by atomic mass is 10.0. The number of amides is 2. The van der Waals surface area contributed by atoms with Gasteiger partial charge in [-0.25, -0.2) is 5.01 Å². The smallest absolute Gasteiger partial charge is 0.269 e. The van der Waals surface area contributed by atoms with Crippen LogP contribution >= 0.6 is 23.1 Å². The van der Waals surface area contributed by atoms with E-state index in [1.54, 1.807) is 59.4 Å². The standard InChI is InChI=1S/C32H27N7O5S2/c1-44-25-15-9-21(10-16-25)27-18-26(28-8-5-17-45-28)36-38(27)30(40)20-46-32-35-34-29(19-33-31(41)22-6-3-2-4-7-22)37(32)23-11-13-24(14-12-23)39(42)43/h2-17,27H,18-20H2,1H3,(H,33,41)/t27-/m0/s1. The van der Waals surface area contributed by atoms with Crippen molar-refractivity contribution in [3.8, 4) is 11.4 Å². The number of thiophene rings is 1. The van der Waals surface area contributed by atoms with E-state index in [0.717, 1.165) is 21.9 Å². The number of carbonyl (C=O) groups excluding carboxylic acids is 2. The highest BCUT2D eigenvalue weighted by Crippen LogP contribution is 2.35. The van der Waals surface area contributed by atoms with E-state index in [2.05, 4.69) is 15.5 Å². The van der Waals surface area contributed by atoms with Crippen molar-refractivity contribution in [2.75, 3.05) is 12.9 Å². The molecular formula is C32H27N7O5S2. The summed E-state index contributed by atoms with van der Waals surface area (Å²) in [6.07, 6.45) is 0.563. The Morgan fingerprint density at radius 3 is 2.46 bits per heavy atom. The van der Waals surface area contributed by atoms with Gasteiger partial charge in [-0.15, -0.1) is 21.5 Å². The van der Waals surface area contributed by atoms with Crippen LogP contribution in [-0.2, 0) is 11.3 Å². The summed E-state index contributed by atoms with van der Waals surface area (Å²) in [6.45, 7) is 0.0341. The van der Waals surface area contributed by atoms with Gasteiger partial charge in [0.2, 0.25) is 0 Å². The van der Waals surface area contributed by atoms with Gasteiger partial charge >= 0.3 is 0 Å². The maximum Gasteiger partial charge on any atom is 0.269 e. The zero-order valence-electron chi connectivity index (χ0n) is 24.5. The number of carbonyl (C=O) groups is 2. The molecule has 3 heterocycles. The maximum absolute atomic E-state index is 13.8. The molecule has 6 rings (SSSR count). The van der Waals surface area contributed by atoms with Crippen LogP contribution in [0.4, 0.5) is 5.69 Å². The van der Waals surface area contributed by atoms with Crippen molar-refractivity contribution in [2.45, 2.75) is 24.2 Å². The number of non-ortho nitro benzene ring substituents is 1. The third-order valence-electron chi connectivity index (χ3n) is 7.26. The first-order valence-corrected chi connectivity index (χ1v) is 16.0. The van der Waals surface area contributed by atoms with Gasteiger partial charge in [-0.05, 0) is 53.4 Å². The average Bonchev–Trinajstić information content (AvgIpc) is 3.87. The topological polar surface area (TPSA) is 145 Å². The van der Waals surface area contributed by atoms with Crippen molar-refractivity contribution >= 4 is 46.3 Å². The predicted octanol–water partition coefficient (Wildman–Crippen LogP) is 5.65. The summed E-state index contributed by atoms with van der Waals surface area (Å²) in [5.74, 6) is 0.588. The fourth-order valence-corrected chi connectivity index (χ4v) is 6.50. The lowest BCUT2D eigenvalue weighted by Gasteiger charge is -2.22. The number of nitro benzene ring substituents is 1. The molecule has 2 aromatic heterocycles. The molecule has 0 fully saturated rings. The Kier molecular flexibility index (Phi) is 9.17. The van der Waals surface area contributed by atoms with E-state index in [9.17, 15) is 19.7 Å². The fourth-order valence-electron chi connectivity index (χ4n) is 4.95. The van der Waals surface area contributed by atoms with Gasteiger partial charge in [-0.2, -0.15) is 5.10 Å². The minimum absolute atomic E-state index is 0.00460. The van der Waals surface area contributed by atoms with Gasteiger partial charge in [-0.3, -0.25) is 24.3 Å². The Hall–Kier alpha value is -5.34. The molecule has 1 N–H and O–H groups in total. The number of hydrogen-bond donors (Lipinski definition) is 1. The Morgan fingerprint density at radius 2 is 1.78 bits per heavy atom. The number of aromatic nitrogens is 3. The molecule has 1 atom stereocenters. The number of benzene rings is 3. The first kappa shape index (κ1) is 30.7. The van der Waals surface area contributed by atoms with Crippen molar-refractivity contribution in [3.63, 3.8) is 0 Å². The van der Waals surface area contributed by atoms with E-state index >= 15 is 0 Å². The number of methoxy groups -OCH3 is 1. The van der Waals surface area contributed by atoms with E-state index < -0.39 is 4.92 Å². The molecule has 12 nitrogen and oxygen atoms in total. The molecule has 1 aliphatic heterocycles. The summed E-state index contributed by atoms with van der Waals surface area (Å²) in [5.41, 5.74) is 2.73. The van der Waals surface area contributed by atoms with Crippen LogP contribution in [0.1, 0.15) is 39.1 Å². The summed E-state index contributed by atoms with van der Waals surface area (Å²) < 4.78 is 6.99. The molecule has 0 bridgehead atoms. The van der Waals surface area contributed by atoms with Gasteiger partial charge in [0.1, 0.15) is 5.75 Å². The molecule has 0 spiro atoms. The van der Waals surface area contributed by atoms with Crippen LogP contribution in [0.3, 0.4) is 0 Å². The molecule has 0 unspecified atom stereocenters. The van der Waals surface area contributed by atoms with Crippen molar-refractivity contribution in [1.82, 2.24) is 25.1 Å². The van der Waals surface area contributed by atoms with Crippen LogP contribution in [0.5, 0.6) is 5.75 Å². The zero-order valence-corrected chi connectivity index (χ0v) is 26.1. The molecule has 14 heteroatoms. The molecule has 0 saturated carbocycles. The Balaban J connectivity index is 1.25. The first-order chi connectivity index (χ1) is 22.4. The largest absolute Gasteiger partial charge is 0.497 e. The molecule has 5 aromatic rings. The number of nitrogens with zero attached hydrogens (tertiary/aromatic N) is 6.